The van der Waals surface area contributed by atoms with Crippen molar-refractivity contribution in [2.24, 2.45) is 0 Å². The number of hydrogen-bond donors (Lipinski definition) is 1. The second-order valence-corrected chi connectivity index (χ2v) is 8.21. The largest absolute Gasteiger partial charge is 0.375 e. The van der Waals surface area contributed by atoms with Crippen LogP contribution >= 0.6 is 0 Å². The van der Waals surface area contributed by atoms with Crippen LogP contribution in [0.5, 0.6) is 0 Å². The zero-order valence-corrected chi connectivity index (χ0v) is 18.9. The Bertz CT molecular complexity index is 1200. The van der Waals surface area contributed by atoms with E-state index < -0.39 is 4.92 Å². The van der Waals surface area contributed by atoms with Crippen molar-refractivity contribution in [2.75, 3.05) is 31.5 Å². The molecule has 0 saturated carbocycles. The number of piperazine rings is 1. The van der Waals surface area contributed by atoms with Crippen molar-refractivity contribution >= 4 is 23.2 Å². The van der Waals surface area contributed by atoms with Gasteiger partial charge in [-0.15, -0.1) is 0 Å². The molecule has 174 valence electrons. The highest BCUT2D eigenvalue weighted by Gasteiger charge is 2.23. The number of nitrogens with one attached hydrogen (secondary N) is 1. The highest BCUT2D eigenvalue weighted by molar-refractivity contribution is 5.95. The lowest BCUT2D eigenvalue weighted by atomic mass is 10.0. The number of nitrogens with zero attached hydrogens (tertiary/aromatic N) is 3. The topological polar surface area (TPSA) is 95.8 Å². The predicted molar refractivity (Wildman–Crippen MR) is 130 cm³/mol. The summed E-state index contributed by atoms with van der Waals surface area (Å²) in [7, 11) is 0. The Labute approximate surface area is 198 Å². The van der Waals surface area contributed by atoms with Gasteiger partial charge < -0.3 is 15.1 Å². The van der Waals surface area contributed by atoms with Gasteiger partial charge in [-0.1, -0.05) is 42.5 Å². The van der Waals surface area contributed by atoms with E-state index in [1.807, 2.05) is 48.5 Å². The zero-order chi connectivity index (χ0) is 24.1. The number of carbonyl (C=O) groups excluding carboxylic acids is 2. The van der Waals surface area contributed by atoms with Crippen molar-refractivity contribution < 1.29 is 14.5 Å². The van der Waals surface area contributed by atoms with Crippen molar-refractivity contribution in [1.82, 2.24) is 9.80 Å². The van der Waals surface area contributed by atoms with Gasteiger partial charge in [-0.3, -0.25) is 19.7 Å². The van der Waals surface area contributed by atoms with Crippen LogP contribution in [0.15, 0.2) is 72.8 Å². The van der Waals surface area contributed by atoms with Gasteiger partial charge >= 0.3 is 0 Å². The molecule has 0 spiro atoms. The Hall–Kier alpha value is -4.20. The van der Waals surface area contributed by atoms with E-state index in [0.29, 0.717) is 44.0 Å². The first-order valence-electron chi connectivity index (χ1n) is 11.1. The first-order chi connectivity index (χ1) is 16.4. The lowest BCUT2D eigenvalue weighted by molar-refractivity contribution is -0.384. The number of nitro benzene ring substituents is 1. The molecule has 1 heterocycles. The Balaban J connectivity index is 1.55. The monoisotopic (exact) mass is 458 g/mol. The first-order valence-corrected chi connectivity index (χ1v) is 11.1. The van der Waals surface area contributed by atoms with Crippen LogP contribution in [0.25, 0.3) is 11.1 Å². The van der Waals surface area contributed by atoms with Gasteiger partial charge in [0.25, 0.3) is 11.6 Å². The molecule has 34 heavy (non-hydrogen) atoms. The molecule has 4 rings (SSSR count). The van der Waals surface area contributed by atoms with Gasteiger partial charge in [-0.05, 0) is 41.0 Å². The average Bonchev–Trinajstić information content (AvgIpc) is 2.87. The van der Waals surface area contributed by atoms with Gasteiger partial charge in [-0.2, -0.15) is 0 Å². The lowest BCUT2D eigenvalue weighted by Gasteiger charge is -2.34. The molecule has 0 aliphatic carbocycles. The second-order valence-electron chi connectivity index (χ2n) is 8.21. The normalized spacial score (nSPS) is 13.4. The van der Waals surface area contributed by atoms with E-state index in [1.165, 1.54) is 13.0 Å². The summed E-state index contributed by atoms with van der Waals surface area (Å²) in [4.78, 5) is 39.2. The van der Waals surface area contributed by atoms with E-state index in [9.17, 15) is 19.7 Å². The van der Waals surface area contributed by atoms with Gasteiger partial charge in [0.1, 0.15) is 5.69 Å². The van der Waals surface area contributed by atoms with Crippen LogP contribution in [-0.2, 0) is 11.3 Å². The van der Waals surface area contributed by atoms with Crippen LogP contribution in [0.3, 0.4) is 0 Å². The quantitative estimate of drug-likeness (QED) is 0.442. The fourth-order valence-corrected chi connectivity index (χ4v) is 4.05. The fourth-order valence-electron chi connectivity index (χ4n) is 4.05. The van der Waals surface area contributed by atoms with E-state index in [4.69, 9.17) is 0 Å². The Morgan fingerprint density at radius 3 is 2.24 bits per heavy atom. The molecule has 3 aromatic rings. The Morgan fingerprint density at radius 2 is 1.56 bits per heavy atom. The summed E-state index contributed by atoms with van der Waals surface area (Å²) in [5, 5.41) is 14.7. The van der Waals surface area contributed by atoms with E-state index in [1.54, 1.807) is 28.0 Å². The molecule has 1 saturated heterocycles. The summed E-state index contributed by atoms with van der Waals surface area (Å²) >= 11 is 0. The van der Waals surface area contributed by atoms with E-state index >= 15 is 0 Å². The minimum Gasteiger partial charge on any atom is -0.375 e. The molecule has 0 unspecified atom stereocenters. The SMILES string of the molecule is CC(=O)N1CCN(C(=O)c2cccc(-c3ccc([N+](=O)[O-])c(NCc4ccccc4)c3)c2)CC1. The fraction of sp³-hybridized carbons (Fsp3) is 0.231. The molecule has 0 bridgehead atoms. The second kappa shape index (κ2) is 10.2. The van der Waals surface area contributed by atoms with Crippen LogP contribution in [0.4, 0.5) is 11.4 Å². The molecule has 0 atom stereocenters. The lowest BCUT2D eigenvalue weighted by Crippen LogP contribution is -2.50. The van der Waals surface area contributed by atoms with Gasteiger partial charge in [0, 0.05) is 51.3 Å². The number of nitro groups is 1. The third kappa shape index (κ3) is 5.23. The van der Waals surface area contributed by atoms with E-state index in [2.05, 4.69) is 5.32 Å². The standard InChI is InChI=1S/C26H26N4O4/c1-19(31)28-12-14-29(15-13-28)26(32)23-9-5-8-21(16-23)22-10-11-25(30(33)34)24(17-22)27-18-20-6-3-2-4-7-20/h2-11,16-17,27H,12-15,18H2,1H3. The molecule has 0 aromatic heterocycles. The van der Waals surface area contributed by atoms with Gasteiger partial charge in [0.15, 0.2) is 0 Å². The van der Waals surface area contributed by atoms with Crippen molar-refractivity contribution in [3.05, 3.63) is 94.0 Å². The molecular weight excluding hydrogens is 432 g/mol. The third-order valence-corrected chi connectivity index (χ3v) is 5.97. The minimum atomic E-state index is -0.405. The Kier molecular flexibility index (Phi) is 6.87. The summed E-state index contributed by atoms with van der Waals surface area (Å²) in [5.41, 5.74) is 3.55. The molecule has 8 nitrogen and oxygen atoms in total. The van der Waals surface area contributed by atoms with Gasteiger partial charge in [0.05, 0.1) is 4.92 Å². The highest BCUT2D eigenvalue weighted by Crippen LogP contribution is 2.31. The summed E-state index contributed by atoms with van der Waals surface area (Å²) in [6.45, 7) is 4.03. The van der Waals surface area contributed by atoms with Gasteiger partial charge in [-0.25, -0.2) is 0 Å². The highest BCUT2D eigenvalue weighted by atomic mass is 16.6. The molecular formula is C26H26N4O4. The maximum Gasteiger partial charge on any atom is 0.292 e. The number of anilines is 1. The molecule has 0 radical (unpaired) electrons. The number of rotatable bonds is 6. The first kappa shape index (κ1) is 23.0. The third-order valence-electron chi connectivity index (χ3n) is 5.97. The van der Waals surface area contributed by atoms with Gasteiger partial charge in [0.2, 0.25) is 5.91 Å². The van der Waals surface area contributed by atoms with Crippen LogP contribution in [0.1, 0.15) is 22.8 Å². The number of benzene rings is 3. The molecule has 2 amide bonds. The summed E-state index contributed by atoms with van der Waals surface area (Å²) in [6.07, 6.45) is 0. The summed E-state index contributed by atoms with van der Waals surface area (Å²) < 4.78 is 0. The summed E-state index contributed by atoms with van der Waals surface area (Å²) in [5.74, 6) is -0.0710. The van der Waals surface area contributed by atoms with Crippen LogP contribution in [0.2, 0.25) is 0 Å². The Morgan fingerprint density at radius 1 is 0.882 bits per heavy atom. The molecule has 1 N–H and O–H groups in total. The number of carbonyl (C=O) groups is 2. The van der Waals surface area contributed by atoms with Crippen LogP contribution in [-0.4, -0.2) is 52.7 Å². The minimum absolute atomic E-state index is 0.00439. The maximum absolute atomic E-state index is 13.1. The maximum atomic E-state index is 13.1. The van der Waals surface area contributed by atoms with Crippen molar-refractivity contribution in [1.29, 1.82) is 0 Å². The number of hydrogen-bond acceptors (Lipinski definition) is 5. The average molecular weight is 459 g/mol. The molecule has 8 heteroatoms. The van der Waals surface area contributed by atoms with E-state index in [0.717, 1.165) is 16.7 Å². The van der Waals surface area contributed by atoms with Crippen molar-refractivity contribution in [2.45, 2.75) is 13.5 Å². The summed E-state index contributed by atoms with van der Waals surface area (Å²) in [6, 6.07) is 21.9. The van der Waals surface area contributed by atoms with Crippen LogP contribution < -0.4 is 5.32 Å². The molecule has 1 fully saturated rings. The van der Waals surface area contributed by atoms with E-state index in [-0.39, 0.29) is 17.5 Å². The smallest absolute Gasteiger partial charge is 0.292 e. The zero-order valence-electron chi connectivity index (χ0n) is 18.9. The van der Waals surface area contributed by atoms with Crippen molar-refractivity contribution in [3.8, 4) is 11.1 Å². The van der Waals surface area contributed by atoms with Crippen molar-refractivity contribution in [3.63, 3.8) is 0 Å². The molecule has 1 aliphatic heterocycles. The van der Waals surface area contributed by atoms with Crippen LogP contribution in [0, 0.1) is 10.1 Å². The number of amides is 2. The molecule has 3 aromatic carbocycles. The molecule has 1 aliphatic rings. The predicted octanol–water partition coefficient (Wildman–Crippen LogP) is 4.18.